The van der Waals surface area contributed by atoms with E-state index in [1.165, 1.54) is 6.07 Å². The molecule has 3 aliphatic heterocycles. The third-order valence-corrected chi connectivity index (χ3v) is 6.98. The second kappa shape index (κ2) is 8.45. The maximum Gasteiger partial charge on any atom is 0.257 e. The first-order valence-corrected chi connectivity index (χ1v) is 11.6. The van der Waals surface area contributed by atoms with Crippen LogP contribution < -0.4 is 9.80 Å². The molecule has 3 aliphatic rings. The minimum Gasteiger partial charge on any atom is -0.366 e. The summed E-state index contributed by atoms with van der Waals surface area (Å²) in [4.78, 5) is 34.4. The number of piperazine rings is 1. The maximum absolute atomic E-state index is 14.1. The number of rotatable bonds is 3. The Morgan fingerprint density at radius 2 is 1.78 bits per heavy atom. The molecule has 0 aromatic heterocycles. The van der Waals surface area contributed by atoms with Gasteiger partial charge in [-0.1, -0.05) is 12.1 Å². The van der Waals surface area contributed by atoms with Crippen molar-refractivity contribution in [1.82, 2.24) is 9.80 Å². The predicted molar refractivity (Wildman–Crippen MR) is 123 cm³/mol. The van der Waals surface area contributed by atoms with Crippen molar-refractivity contribution < 1.29 is 14.0 Å². The summed E-state index contributed by atoms with van der Waals surface area (Å²) < 4.78 is 14.1. The summed E-state index contributed by atoms with van der Waals surface area (Å²) in [5, 5.41) is 0. The molecule has 0 radical (unpaired) electrons. The van der Waals surface area contributed by atoms with E-state index < -0.39 is 0 Å². The van der Waals surface area contributed by atoms with Crippen LogP contribution in [0.3, 0.4) is 0 Å². The van der Waals surface area contributed by atoms with Crippen molar-refractivity contribution in [2.45, 2.75) is 32.4 Å². The number of nitrogens with zero attached hydrogens (tertiary/aromatic N) is 4. The Hall–Kier alpha value is -3.09. The Bertz CT molecular complexity index is 1030. The second-order valence-electron chi connectivity index (χ2n) is 8.72. The summed E-state index contributed by atoms with van der Waals surface area (Å²) in [7, 11) is 0. The summed E-state index contributed by atoms with van der Waals surface area (Å²) in [5.74, 6) is -0.189. The molecule has 2 saturated heterocycles. The SMILES string of the molecule is CCN1c2cc(C(=O)N3CCN(c4ccccc4F)CC3)ccc2C(=O)N2CCCC[C@@H]21. The summed E-state index contributed by atoms with van der Waals surface area (Å²) in [6, 6.07) is 12.3. The Morgan fingerprint density at radius 3 is 2.53 bits per heavy atom. The van der Waals surface area contributed by atoms with E-state index in [4.69, 9.17) is 0 Å². The lowest BCUT2D eigenvalue weighted by Gasteiger charge is -2.47. The van der Waals surface area contributed by atoms with Crippen LogP contribution in [0, 0.1) is 5.82 Å². The Labute approximate surface area is 188 Å². The normalized spacial score (nSPS) is 20.8. The quantitative estimate of drug-likeness (QED) is 0.738. The second-order valence-corrected chi connectivity index (χ2v) is 8.72. The van der Waals surface area contributed by atoms with Gasteiger partial charge in [0.2, 0.25) is 0 Å². The van der Waals surface area contributed by atoms with Gasteiger partial charge in [0.15, 0.2) is 0 Å². The molecule has 0 aliphatic carbocycles. The summed E-state index contributed by atoms with van der Waals surface area (Å²) in [5.41, 5.74) is 2.75. The number of para-hydroxylation sites is 1. The van der Waals surface area contributed by atoms with Gasteiger partial charge in [0, 0.05) is 44.8 Å². The Kier molecular flexibility index (Phi) is 5.49. The van der Waals surface area contributed by atoms with E-state index in [2.05, 4.69) is 11.8 Å². The molecular weight excluding hydrogens is 407 g/mol. The summed E-state index contributed by atoms with van der Waals surface area (Å²) >= 11 is 0. The van der Waals surface area contributed by atoms with Gasteiger partial charge in [-0.3, -0.25) is 9.59 Å². The van der Waals surface area contributed by atoms with E-state index in [0.29, 0.717) is 43.0 Å². The van der Waals surface area contributed by atoms with Crippen molar-refractivity contribution in [2.75, 3.05) is 49.1 Å². The molecule has 0 saturated carbocycles. The molecule has 168 valence electrons. The number of hydrogen-bond donors (Lipinski definition) is 0. The molecule has 0 N–H and O–H groups in total. The predicted octanol–water partition coefficient (Wildman–Crippen LogP) is 3.58. The molecule has 0 bridgehead atoms. The van der Waals surface area contributed by atoms with Crippen LogP contribution in [-0.2, 0) is 0 Å². The molecular formula is C25H29FN4O2. The van der Waals surface area contributed by atoms with Gasteiger partial charge in [0.25, 0.3) is 11.8 Å². The van der Waals surface area contributed by atoms with Gasteiger partial charge in [0.05, 0.1) is 16.9 Å². The molecule has 2 aromatic rings. The van der Waals surface area contributed by atoms with Crippen molar-refractivity contribution >= 4 is 23.2 Å². The standard InChI is InChI=1S/C25H29FN4O2/c1-2-29-22-17-18(10-11-19(22)25(32)30-12-6-5-9-23(29)30)24(31)28-15-13-27(14-16-28)21-8-4-3-7-20(21)26/h3-4,7-8,10-11,17,23H,2,5-6,9,12-16H2,1H3/t23-/m1/s1. The van der Waals surface area contributed by atoms with E-state index in [1.807, 2.05) is 32.9 Å². The largest absolute Gasteiger partial charge is 0.366 e. The number of hydrogen-bond acceptors (Lipinski definition) is 4. The minimum atomic E-state index is -0.233. The monoisotopic (exact) mass is 436 g/mol. The molecule has 6 nitrogen and oxygen atoms in total. The zero-order valence-corrected chi connectivity index (χ0v) is 18.5. The van der Waals surface area contributed by atoms with Crippen LogP contribution in [0.15, 0.2) is 42.5 Å². The molecule has 2 aromatic carbocycles. The molecule has 2 amide bonds. The lowest BCUT2D eigenvalue weighted by Crippen LogP contribution is -2.57. The summed E-state index contributed by atoms with van der Waals surface area (Å²) in [6.07, 6.45) is 3.22. The highest BCUT2D eigenvalue weighted by atomic mass is 19.1. The van der Waals surface area contributed by atoms with Gasteiger partial charge in [-0.25, -0.2) is 4.39 Å². The highest BCUT2D eigenvalue weighted by Crippen LogP contribution is 2.36. The molecule has 3 heterocycles. The first-order chi connectivity index (χ1) is 15.6. The van der Waals surface area contributed by atoms with E-state index in [0.717, 1.165) is 38.0 Å². The lowest BCUT2D eigenvalue weighted by molar-refractivity contribution is 0.0581. The number of halogens is 1. The van der Waals surface area contributed by atoms with Gasteiger partial charge < -0.3 is 19.6 Å². The van der Waals surface area contributed by atoms with Crippen molar-refractivity contribution in [3.05, 3.63) is 59.4 Å². The number of carbonyl (C=O) groups excluding carboxylic acids is 2. The first kappa shape index (κ1) is 20.8. The third kappa shape index (κ3) is 3.49. The fraction of sp³-hybridized carbons (Fsp3) is 0.440. The third-order valence-electron chi connectivity index (χ3n) is 6.98. The van der Waals surface area contributed by atoms with Gasteiger partial charge in [-0.2, -0.15) is 0 Å². The molecule has 0 spiro atoms. The molecule has 2 fully saturated rings. The van der Waals surface area contributed by atoms with Crippen molar-refractivity contribution in [1.29, 1.82) is 0 Å². The molecule has 0 unspecified atom stereocenters. The number of carbonyl (C=O) groups is 2. The molecule has 1 atom stereocenters. The van der Waals surface area contributed by atoms with Crippen LogP contribution in [0.25, 0.3) is 0 Å². The van der Waals surface area contributed by atoms with Crippen molar-refractivity contribution in [3.8, 4) is 0 Å². The van der Waals surface area contributed by atoms with Gasteiger partial charge in [0.1, 0.15) is 12.0 Å². The smallest absolute Gasteiger partial charge is 0.257 e. The van der Waals surface area contributed by atoms with Crippen LogP contribution in [0.1, 0.15) is 46.9 Å². The Balaban J connectivity index is 1.35. The van der Waals surface area contributed by atoms with E-state index in [9.17, 15) is 14.0 Å². The highest BCUT2D eigenvalue weighted by Gasteiger charge is 2.38. The van der Waals surface area contributed by atoms with Crippen LogP contribution in [0.4, 0.5) is 15.8 Å². The Morgan fingerprint density at radius 1 is 1.00 bits per heavy atom. The van der Waals surface area contributed by atoms with Crippen LogP contribution in [0.5, 0.6) is 0 Å². The number of amides is 2. The number of anilines is 2. The number of piperidine rings is 1. The van der Waals surface area contributed by atoms with Crippen molar-refractivity contribution in [2.24, 2.45) is 0 Å². The summed E-state index contributed by atoms with van der Waals surface area (Å²) in [6.45, 7) is 5.95. The van der Waals surface area contributed by atoms with Crippen molar-refractivity contribution in [3.63, 3.8) is 0 Å². The average Bonchev–Trinajstić information content (AvgIpc) is 2.84. The van der Waals surface area contributed by atoms with E-state index in [1.54, 1.807) is 18.2 Å². The molecule has 5 rings (SSSR count). The topological polar surface area (TPSA) is 47.1 Å². The first-order valence-electron chi connectivity index (χ1n) is 11.6. The highest BCUT2D eigenvalue weighted by molar-refractivity contribution is 6.04. The van der Waals surface area contributed by atoms with Gasteiger partial charge in [-0.05, 0) is 56.5 Å². The van der Waals surface area contributed by atoms with Crippen LogP contribution >= 0.6 is 0 Å². The maximum atomic E-state index is 14.1. The van der Waals surface area contributed by atoms with E-state index >= 15 is 0 Å². The fourth-order valence-corrected chi connectivity index (χ4v) is 5.30. The molecule has 32 heavy (non-hydrogen) atoms. The zero-order chi connectivity index (χ0) is 22.2. The van der Waals surface area contributed by atoms with Gasteiger partial charge in [-0.15, -0.1) is 0 Å². The average molecular weight is 437 g/mol. The van der Waals surface area contributed by atoms with Gasteiger partial charge >= 0.3 is 0 Å². The molecule has 7 heteroatoms. The minimum absolute atomic E-state index is 0.0319. The van der Waals surface area contributed by atoms with E-state index in [-0.39, 0.29) is 23.8 Å². The number of fused-ring (bicyclic) bond motifs is 2. The fourth-order valence-electron chi connectivity index (χ4n) is 5.30. The lowest BCUT2D eigenvalue weighted by atomic mass is 9.97. The van der Waals surface area contributed by atoms with Crippen LogP contribution in [-0.4, -0.2) is 67.0 Å². The zero-order valence-electron chi connectivity index (χ0n) is 18.5. The van der Waals surface area contributed by atoms with Crippen LogP contribution in [0.2, 0.25) is 0 Å². The number of benzene rings is 2.